The van der Waals surface area contributed by atoms with Crippen LogP contribution < -0.4 is 10.6 Å². The fourth-order valence-electron chi connectivity index (χ4n) is 2.20. The van der Waals surface area contributed by atoms with Crippen LogP contribution in [0.15, 0.2) is 40.1 Å². The van der Waals surface area contributed by atoms with Gasteiger partial charge < -0.3 is 10.6 Å². The molecule has 3 aromatic rings. The second-order valence-electron chi connectivity index (χ2n) is 5.84. The van der Waals surface area contributed by atoms with Gasteiger partial charge in [0.1, 0.15) is 5.82 Å². The third-order valence-corrected chi connectivity index (χ3v) is 6.72. The molecule has 1 atom stereocenters. The van der Waals surface area contributed by atoms with E-state index < -0.39 is 0 Å². The van der Waals surface area contributed by atoms with Gasteiger partial charge in [-0.25, -0.2) is 4.39 Å². The van der Waals surface area contributed by atoms with Crippen molar-refractivity contribution >= 4 is 51.2 Å². The van der Waals surface area contributed by atoms with Crippen molar-refractivity contribution in [1.82, 2.24) is 10.2 Å². The number of hydrogen-bond acceptors (Lipinski definition) is 7. The second-order valence-corrected chi connectivity index (χ2v) is 9.44. The van der Waals surface area contributed by atoms with E-state index >= 15 is 0 Å². The number of nitrogens with zero attached hydrogens (tertiary/aromatic N) is 2. The van der Waals surface area contributed by atoms with E-state index in [0.29, 0.717) is 15.6 Å². The normalized spacial score (nSPS) is 12.0. The first-order valence-electron chi connectivity index (χ1n) is 8.34. The van der Waals surface area contributed by atoms with Crippen LogP contribution in [0.1, 0.15) is 17.4 Å². The van der Waals surface area contributed by atoms with Crippen LogP contribution in [0.3, 0.4) is 0 Å². The average Bonchev–Trinajstić information content (AvgIpc) is 3.30. The Hall–Kier alpha value is -1.97. The van der Waals surface area contributed by atoms with Gasteiger partial charge in [0.2, 0.25) is 11.0 Å². The molecule has 2 N–H and O–H groups in total. The van der Waals surface area contributed by atoms with Crippen LogP contribution in [-0.4, -0.2) is 27.9 Å². The van der Waals surface area contributed by atoms with E-state index in [1.165, 1.54) is 34.0 Å². The number of carbonyl (C=O) groups excluding carboxylic acids is 1. The van der Waals surface area contributed by atoms with E-state index in [1.54, 1.807) is 37.3 Å². The zero-order valence-corrected chi connectivity index (χ0v) is 17.3. The number of carbonyl (C=O) groups is 1. The lowest BCUT2D eigenvalue weighted by atomic mass is 10.2. The third kappa shape index (κ3) is 5.75. The summed E-state index contributed by atoms with van der Waals surface area (Å²) in [4.78, 5) is 13.6. The minimum absolute atomic E-state index is 0.203. The number of thiophene rings is 1. The Labute approximate surface area is 169 Å². The third-order valence-electron chi connectivity index (χ3n) is 3.72. The molecule has 3 rings (SSSR count). The van der Waals surface area contributed by atoms with Crippen LogP contribution in [0.2, 0.25) is 0 Å². The summed E-state index contributed by atoms with van der Waals surface area (Å²) >= 11 is 4.48. The lowest BCUT2D eigenvalue weighted by Gasteiger charge is -2.10. The van der Waals surface area contributed by atoms with E-state index in [4.69, 9.17) is 0 Å². The zero-order chi connectivity index (χ0) is 19.2. The molecule has 9 heteroatoms. The molecule has 27 heavy (non-hydrogen) atoms. The van der Waals surface area contributed by atoms with Gasteiger partial charge in [-0.05, 0) is 49.4 Å². The molecule has 0 saturated carbocycles. The summed E-state index contributed by atoms with van der Waals surface area (Å²) in [6.45, 7) is 4.26. The molecule has 5 nitrogen and oxygen atoms in total. The topological polar surface area (TPSA) is 66.9 Å². The number of hydrogen-bond donors (Lipinski definition) is 2. The van der Waals surface area contributed by atoms with E-state index in [-0.39, 0.29) is 17.0 Å². The molecule has 0 bridgehead atoms. The molecule has 0 aliphatic carbocycles. The molecule has 142 valence electrons. The average molecular weight is 423 g/mol. The van der Waals surface area contributed by atoms with Gasteiger partial charge in [0.15, 0.2) is 4.34 Å². The number of amides is 1. The van der Waals surface area contributed by atoms with Gasteiger partial charge in [-0.2, -0.15) is 0 Å². The highest BCUT2D eigenvalue weighted by molar-refractivity contribution is 8.02. The first-order valence-corrected chi connectivity index (χ1v) is 10.9. The van der Waals surface area contributed by atoms with Gasteiger partial charge in [0.05, 0.1) is 5.25 Å². The van der Waals surface area contributed by atoms with Crippen molar-refractivity contribution in [3.8, 4) is 0 Å². The van der Waals surface area contributed by atoms with Crippen molar-refractivity contribution in [3.63, 3.8) is 0 Å². The van der Waals surface area contributed by atoms with E-state index in [0.717, 1.165) is 18.1 Å². The van der Waals surface area contributed by atoms with E-state index in [1.807, 2.05) is 6.07 Å². The summed E-state index contributed by atoms with van der Waals surface area (Å²) in [5.74, 6) is -0.541. The molecule has 0 aliphatic heterocycles. The number of anilines is 2. The molecule has 2 aromatic heterocycles. The van der Waals surface area contributed by atoms with Crippen molar-refractivity contribution in [3.05, 3.63) is 52.0 Å². The largest absolute Gasteiger partial charge is 0.360 e. The molecule has 0 saturated heterocycles. The van der Waals surface area contributed by atoms with Gasteiger partial charge in [-0.1, -0.05) is 35.2 Å². The monoisotopic (exact) mass is 422 g/mol. The van der Waals surface area contributed by atoms with Crippen molar-refractivity contribution in [1.29, 1.82) is 0 Å². The predicted octanol–water partition coefficient (Wildman–Crippen LogP) is 4.82. The Bertz CT molecular complexity index is 898. The molecule has 1 unspecified atom stereocenters. The molecule has 1 amide bonds. The second kappa shape index (κ2) is 9.29. The van der Waals surface area contributed by atoms with Crippen molar-refractivity contribution in [2.24, 2.45) is 0 Å². The Kier molecular flexibility index (Phi) is 6.81. The molecular formula is C18H19FN4OS3. The lowest BCUT2D eigenvalue weighted by Crippen LogP contribution is -2.22. The predicted molar refractivity (Wildman–Crippen MR) is 112 cm³/mol. The molecular weight excluding hydrogens is 403 g/mol. The Morgan fingerprint density at radius 2 is 2.19 bits per heavy atom. The molecule has 2 heterocycles. The minimum Gasteiger partial charge on any atom is -0.360 e. The van der Waals surface area contributed by atoms with Gasteiger partial charge in [-0.15, -0.1) is 21.5 Å². The fraction of sp³-hybridized carbons (Fsp3) is 0.278. The van der Waals surface area contributed by atoms with Crippen molar-refractivity contribution < 1.29 is 9.18 Å². The van der Waals surface area contributed by atoms with Gasteiger partial charge in [0.25, 0.3) is 0 Å². The highest BCUT2D eigenvalue weighted by atomic mass is 32.2. The highest BCUT2D eigenvalue weighted by Gasteiger charge is 2.17. The fourth-order valence-corrected chi connectivity index (χ4v) is 4.83. The number of benzene rings is 1. The summed E-state index contributed by atoms with van der Waals surface area (Å²) < 4.78 is 14.3. The standard InChI is InChI=1S/C18H19FN4OS3/c1-11-5-6-13(10-15(11)19)21-16(24)12(2)26-18-23-22-17(27-18)20-8-7-14-4-3-9-25-14/h3-6,9-10,12H,7-8H2,1-2H3,(H,20,22)(H,21,24). The molecule has 0 spiro atoms. The van der Waals surface area contributed by atoms with Crippen LogP contribution in [0.5, 0.6) is 0 Å². The number of aromatic nitrogens is 2. The quantitative estimate of drug-likeness (QED) is 0.510. The number of aryl methyl sites for hydroxylation is 1. The highest BCUT2D eigenvalue weighted by Crippen LogP contribution is 2.29. The maximum absolute atomic E-state index is 13.6. The van der Waals surface area contributed by atoms with Crippen molar-refractivity contribution in [2.45, 2.75) is 29.9 Å². The van der Waals surface area contributed by atoms with E-state index in [9.17, 15) is 9.18 Å². The van der Waals surface area contributed by atoms with Crippen LogP contribution in [-0.2, 0) is 11.2 Å². The number of thioether (sulfide) groups is 1. The van der Waals surface area contributed by atoms with Gasteiger partial charge in [0, 0.05) is 17.1 Å². The lowest BCUT2D eigenvalue weighted by molar-refractivity contribution is -0.115. The van der Waals surface area contributed by atoms with Gasteiger partial charge >= 0.3 is 0 Å². The Balaban J connectivity index is 1.48. The Morgan fingerprint density at radius 3 is 2.93 bits per heavy atom. The summed E-state index contributed by atoms with van der Waals surface area (Å²) in [6, 6.07) is 8.80. The molecule has 0 fully saturated rings. The maximum Gasteiger partial charge on any atom is 0.237 e. The number of nitrogens with one attached hydrogen (secondary N) is 2. The molecule has 0 aliphatic rings. The van der Waals surface area contributed by atoms with Crippen LogP contribution in [0, 0.1) is 12.7 Å². The summed E-state index contributed by atoms with van der Waals surface area (Å²) in [5.41, 5.74) is 0.993. The smallest absolute Gasteiger partial charge is 0.237 e. The summed E-state index contributed by atoms with van der Waals surface area (Å²) in [6.07, 6.45) is 0.936. The SMILES string of the molecule is Cc1ccc(NC(=O)C(C)Sc2nnc(NCCc3cccs3)s2)cc1F. The van der Waals surface area contributed by atoms with Crippen LogP contribution in [0.25, 0.3) is 0 Å². The van der Waals surface area contributed by atoms with Crippen LogP contribution >= 0.6 is 34.4 Å². The Morgan fingerprint density at radius 1 is 1.33 bits per heavy atom. The minimum atomic E-state index is -0.374. The summed E-state index contributed by atoms with van der Waals surface area (Å²) in [5, 5.41) is 16.6. The number of rotatable bonds is 8. The zero-order valence-electron chi connectivity index (χ0n) is 14.9. The van der Waals surface area contributed by atoms with Crippen LogP contribution in [0.4, 0.5) is 15.2 Å². The molecule has 1 aromatic carbocycles. The first-order chi connectivity index (χ1) is 13.0. The van der Waals surface area contributed by atoms with Crippen molar-refractivity contribution in [2.75, 3.05) is 17.2 Å². The first kappa shape index (κ1) is 19.8. The number of halogens is 1. The summed E-state index contributed by atoms with van der Waals surface area (Å²) in [7, 11) is 0. The van der Waals surface area contributed by atoms with Gasteiger partial charge in [-0.3, -0.25) is 4.79 Å². The van der Waals surface area contributed by atoms with E-state index in [2.05, 4.69) is 32.3 Å². The maximum atomic E-state index is 13.6. The molecule has 0 radical (unpaired) electrons.